The van der Waals surface area contributed by atoms with Crippen molar-refractivity contribution in [1.29, 1.82) is 0 Å². The lowest BCUT2D eigenvalue weighted by Crippen LogP contribution is -2.62. The number of benzene rings is 1. The average Bonchev–Trinajstić information content (AvgIpc) is 2.70. The SMILES string of the molecule is C[C@H](NC(=O)C1(C)Oc2ccc([N+](=O)[O-])cc2NC1=O)C(=O)N[C@H](CCC(=O)O)C(N)=O. The Kier molecular flexibility index (Phi) is 6.97. The Morgan fingerprint density at radius 2 is 1.97 bits per heavy atom. The molecule has 14 heteroatoms. The number of ether oxygens (including phenoxy) is 1. The predicted octanol–water partition coefficient (Wildman–Crippen LogP) is -0.976. The lowest BCUT2D eigenvalue weighted by atomic mass is 10.0. The number of carboxylic acids is 1. The van der Waals surface area contributed by atoms with Crippen molar-refractivity contribution in [2.24, 2.45) is 5.73 Å². The average molecular weight is 451 g/mol. The predicted molar refractivity (Wildman–Crippen MR) is 106 cm³/mol. The van der Waals surface area contributed by atoms with Crippen molar-refractivity contribution in [3.8, 4) is 5.75 Å². The maximum atomic E-state index is 12.7. The molecule has 0 spiro atoms. The number of nitro groups is 1. The van der Waals surface area contributed by atoms with E-state index in [9.17, 15) is 34.1 Å². The summed E-state index contributed by atoms with van der Waals surface area (Å²) in [5.41, 5.74) is 2.76. The quantitative estimate of drug-likeness (QED) is 0.177. The molecule has 0 aromatic heterocycles. The van der Waals surface area contributed by atoms with Crippen LogP contribution in [0.4, 0.5) is 11.4 Å². The van der Waals surface area contributed by atoms with Crippen LogP contribution in [0.25, 0.3) is 0 Å². The summed E-state index contributed by atoms with van der Waals surface area (Å²) >= 11 is 0. The number of carbonyl (C=O) groups is 5. The Morgan fingerprint density at radius 1 is 1.31 bits per heavy atom. The molecule has 1 unspecified atom stereocenters. The molecule has 6 N–H and O–H groups in total. The second-order valence-electron chi connectivity index (χ2n) is 7.12. The molecular weight excluding hydrogens is 430 g/mol. The molecule has 0 aliphatic carbocycles. The highest BCUT2D eigenvalue weighted by Crippen LogP contribution is 2.36. The van der Waals surface area contributed by atoms with Gasteiger partial charge in [-0.05, 0) is 26.3 Å². The molecule has 1 heterocycles. The van der Waals surface area contributed by atoms with E-state index in [2.05, 4.69) is 16.0 Å². The Hall–Kier alpha value is -4.23. The van der Waals surface area contributed by atoms with Gasteiger partial charge in [0.2, 0.25) is 11.8 Å². The molecule has 0 saturated carbocycles. The van der Waals surface area contributed by atoms with Gasteiger partial charge in [0, 0.05) is 18.6 Å². The molecule has 1 aliphatic rings. The van der Waals surface area contributed by atoms with Crippen LogP contribution >= 0.6 is 0 Å². The molecule has 14 nitrogen and oxygen atoms in total. The van der Waals surface area contributed by atoms with E-state index in [-0.39, 0.29) is 23.5 Å². The number of nitrogens with one attached hydrogen (secondary N) is 3. The van der Waals surface area contributed by atoms with Crippen molar-refractivity contribution in [2.75, 3.05) is 5.32 Å². The fourth-order valence-corrected chi connectivity index (χ4v) is 2.73. The molecule has 2 rings (SSSR count). The Balaban J connectivity index is 2.09. The van der Waals surface area contributed by atoms with Crippen molar-refractivity contribution in [1.82, 2.24) is 10.6 Å². The second-order valence-corrected chi connectivity index (χ2v) is 7.12. The molecule has 0 fully saturated rings. The van der Waals surface area contributed by atoms with Crippen LogP contribution in [-0.2, 0) is 24.0 Å². The summed E-state index contributed by atoms with van der Waals surface area (Å²) < 4.78 is 5.48. The van der Waals surface area contributed by atoms with E-state index in [4.69, 9.17) is 15.6 Å². The summed E-state index contributed by atoms with van der Waals surface area (Å²) in [6.45, 7) is 2.41. The molecule has 4 amide bonds. The van der Waals surface area contributed by atoms with Crippen LogP contribution < -0.4 is 26.4 Å². The van der Waals surface area contributed by atoms with Crippen LogP contribution in [-0.4, -0.2) is 57.3 Å². The van der Waals surface area contributed by atoms with Crippen molar-refractivity contribution >= 4 is 41.0 Å². The second kappa shape index (κ2) is 9.28. The van der Waals surface area contributed by atoms with Crippen LogP contribution in [0, 0.1) is 10.1 Å². The van der Waals surface area contributed by atoms with Gasteiger partial charge in [-0.15, -0.1) is 0 Å². The van der Waals surface area contributed by atoms with Gasteiger partial charge in [0.1, 0.15) is 17.8 Å². The van der Waals surface area contributed by atoms with E-state index in [1.54, 1.807) is 0 Å². The molecule has 0 saturated heterocycles. The van der Waals surface area contributed by atoms with Crippen LogP contribution in [0.3, 0.4) is 0 Å². The normalized spacial score (nSPS) is 18.8. The largest absolute Gasteiger partial charge is 0.481 e. The van der Waals surface area contributed by atoms with E-state index >= 15 is 0 Å². The van der Waals surface area contributed by atoms with Gasteiger partial charge in [-0.2, -0.15) is 0 Å². The summed E-state index contributed by atoms with van der Waals surface area (Å²) in [6, 6.07) is 0.897. The molecular formula is C18H21N5O9. The fraction of sp³-hybridized carbons (Fsp3) is 0.389. The minimum absolute atomic E-state index is 0.00278. The molecule has 0 radical (unpaired) electrons. The number of fused-ring (bicyclic) bond motifs is 1. The number of nitrogens with two attached hydrogens (primary N) is 1. The highest BCUT2D eigenvalue weighted by molar-refractivity contribution is 6.16. The number of non-ortho nitro benzene ring substituents is 1. The lowest BCUT2D eigenvalue weighted by Gasteiger charge is -2.33. The number of nitro benzene ring substituents is 1. The van der Waals surface area contributed by atoms with Gasteiger partial charge in [0.15, 0.2) is 0 Å². The maximum absolute atomic E-state index is 12.7. The van der Waals surface area contributed by atoms with Gasteiger partial charge in [0.25, 0.3) is 23.1 Å². The van der Waals surface area contributed by atoms with Gasteiger partial charge in [-0.25, -0.2) is 0 Å². The third-order valence-electron chi connectivity index (χ3n) is 4.65. The molecule has 3 atom stereocenters. The van der Waals surface area contributed by atoms with Crippen LogP contribution in [0.2, 0.25) is 0 Å². The van der Waals surface area contributed by atoms with E-state index in [0.29, 0.717) is 0 Å². The van der Waals surface area contributed by atoms with E-state index in [1.165, 1.54) is 13.0 Å². The number of anilines is 1. The molecule has 0 bridgehead atoms. The van der Waals surface area contributed by atoms with E-state index in [1.807, 2.05) is 0 Å². The zero-order chi connectivity index (χ0) is 24.2. The minimum atomic E-state index is -2.11. The number of carbonyl (C=O) groups excluding carboxylic acids is 4. The number of amides is 4. The third-order valence-corrected chi connectivity index (χ3v) is 4.65. The third kappa shape index (κ3) is 5.27. The highest BCUT2D eigenvalue weighted by Gasteiger charge is 2.48. The summed E-state index contributed by atoms with van der Waals surface area (Å²) in [5, 5.41) is 26.5. The summed E-state index contributed by atoms with van der Waals surface area (Å²) in [4.78, 5) is 69.8. The van der Waals surface area contributed by atoms with Crippen LogP contribution in [0.5, 0.6) is 5.75 Å². The molecule has 172 valence electrons. The van der Waals surface area contributed by atoms with Gasteiger partial charge >= 0.3 is 5.97 Å². The van der Waals surface area contributed by atoms with E-state index < -0.39 is 58.6 Å². The van der Waals surface area contributed by atoms with Crippen molar-refractivity contribution in [2.45, 2.75) is 44.4 Å². The fourth-order valence-electron chi connectivity index (χ4n) is 2.73. The number of hydrogen-bond donors (Lipinski definition) is 5. The number of aliphatic carboxylic acids is 1. The Morgan fingerprint density at radius 3 is 2.53 bits per heavy atom. The molecule has 1 aromatic carbocycles. The van der Waals surface area contributed by atoms with Crippen molar-refractivity contribution in [3.05, 3.63) is 28.3 Å². The first-order valence-electron chi connectivity index (χ1n) is 9.26. The van der Waals surface area contributed by atoms with Crippen molar-refractivity contribution < 1.29 is 38.7 Å². The number of nitrogens with zero attached hydrogens (tertiary/aromatic N) is 1. The number of hydrogen-bond acceptors (Lipinski definition) is 8. The molecule has 1 aromatic rings. The van der Waals surface area contributed by atoms with Gasteiger partial charge in [-0.3, -0.25) is 34.1 Å². The minimum Gasteiger partial charge on any atom is -0.481 e. The molecule has 32 heavy (non-hydrogen) atoms. The highest BCUT2D eigenvalue weighted by atomic mass is 16.6. The lowest BCUT2D eigenvalue weighted by molar-refractivity contribution is -0.384. The van der Waals surface area contributed by atoms with Gasteiger partial charge in [-0.1, -0.05) is 0 Å². The maximum Gasteiger partial charge on any atom is 0.303 e. The van der Waals surface area contributed by atoms with Gasteiger partial charge < -0.3 is 31.5 Å². The monoisotopic (exact) mass is 451 g/mol. The Bertz CT molecular complexity index is 995. The smallest absolute Gasteiger partial charge is 0.303 e. The standard InChI is InChI=1S/C18H21N5O9/c1-8(15(27)21-10(14(19)26)4-6-13(24)25)20-16(28)18(2)17(29)22-11-7-9(23(30)31)3-5-12(11)32-18/h3,5,7-8,10H,4,6H2,1-2H3,(H2,19,26)(H,20,28)(H,21,27)(H,22,29)(H,24,25)/t8-,10+,18?/m0/s1. The summed E-state index contributed by atoms with van der Waals surface area (Å²) in [6.07, 6.45) is -0.665. The first-order valence-corrected chi connectivity index (χ1v) is 9.26. The van der Waals surface area contributed by atoms with Crippen molar-refractivity contribution in [3.63, 3.8) is 0 Å². The number of rotatable bonds is 9. The van der Waals surface area contributed by atoms with Crippen LogP contribution in [0.15, 0.2) is 18.2 Å². The topological polar surface area (TPSA) is 220 Å². The first-order chi connectivity index (χ1) is 14.8. The number of carboxylic acid groups (broad SMARTS) is 1. The van der Waals surface area contributed by atoms with Crippen LogP contribution in [0.1, 0.15) is 26.7 Å². The number of primary amides is 1. The zero-order valence-electron chi connectivity index (χ0n) is 17.0. The summed E-state index contributed by atoms with van der Waals surface area (Å²) in [5.74, 6) is -4.90. The van der Waals surface area contributed by atoms with Gasteiger partial charge in [0.05, 0.1) is 10.6 Å². The molecule has 1 aliphatic heterocycles. The Labute approximate surface area is 180 Å². The summed E-state index contributed by atoms with van der Waals surface area (Å²) in [7, 11) is 0. The van der Waals surface area contributed by atoms with E-state index in [0.717, 1.165) is 19.1 Å². The first kappa shape index (κ1) is 24.0. The zero-order valence-corrected chi connectivity index (χ0v) is 17.0.